The van der Waals surface area contributed by atoms with Gasteiger partial charge in [-0.3, -0.25) is 4.57 Å². The van der Waals surface area contributed by atoms with Crippen molar-refractivity contribution in [2.75, 3.05) is 43.9 Å². The van der Waals surface area contributed by atoms with Gasteiger partial charge >= 0.3 is 12.1 Å². The first kappa shape index (κ1) is 35.3. The number of alkyl halides is 3. The highest BCUT2D eigenvalue weighted by atomic mass is 19.4. The lowest BCUT2D eigenvalue weighted by Gasteiger charge is -2.23. The van der Waals surface area contributed by atoms with Gasteiger partial charge in [0.05, 0.1) is 12.0 Å². The summed E-state index contributed by atoms with van der Waals surface area (Å²) in [5, 5.41) is 18.9. The third-order valence-electron chi connectivity index (χ3n) is 9.65. The van der Waals surface area contributed by atoms with Crippen molar-refractivity contribution in [3.05, 3.63) is 95.6 Å². The molecule has 2 fully saturated rings. The number of aliphatic hydroxyl groups excluding tert-OH is 1. The molecule has 5 atom stereocenters. The first-order valence-corrected chi connectivity index (χ1v) is 17.1. The quantitative estimate of drug-likeness (QED) is 0.180. The standard InChI is InChI=1S/C36H39F3N8O5/c1-4-23-17-26(52-44-23)29-30(51-34(49)36(37,38)39)28(48)33(50-29)47-20-41-27-31(42-35(43-32(27)47)46-16-15-24(19-46)45(2)3)40-18-25(21-11-7-5-8-12-21)22-13-9-6-10-14-22/h5-14,17,20,24-25,28-30,33,48H,4,15-16,18-19H2,1-3H3,(H,40,42,43)/t24-,28-,29-,30+,33-/m1/s1. The molecule has 0 radical (unpaired) electrons. The molecule has 0 unspecified atom stereocenters. The summed E-state index contributed by atoms with van der Waals surface area (Å²) < 4.78 is 57.9. The Morgan fingerprint density at radius 3 is 2.38 bits per heavy atom. The lowest BCUT2D eigenvalue weighted by Crippen LogP contribution is -2.38. The average molecular weight is 721 g/mol. The highest BCUT2D eigenvalue weighted by Gasteiger charge is 2.53. The predicted molar refractivity (Wildman–Crippen MR) is 184 cm³/mol. The number of aliphatic hydroxyl groups is 1. The van der Waals surface area contributed by atoms with Gasteiger partial charge in [-0.15, -0.1) is 0 Å². The number of benzene rings is 2. The van der Waals surface area contributed by atoms with Crippen LogP contribution >= 0.6 is 0 Å². The maximum Gasteiger partial charge on any atom is 0.490 e. The van der Waals surface area contributed by atoms with Crippen molar-refractivity contribution in [3.8, 4) is 0 Å². The molecule has 274 valence electrons. The van der Waals surface area contributed by atoms with Gasteiger partial charge in [0.1, 0.15) is 6.10 Å². The molecule has 2 saturated heterocycles. The fourth-order valence-electron chi connectivity index (χ4n) is 6.76. The molecule has 0 spiro atoms. The molecule has 2 aliphatic heterocycles. The lowest BCUT2D eigenvalue weighted by atomic mass is 9.91. The molecule has 16 heteroatoms. The van der Waals surface area contributed by atoms with Gasteiger partial charge in [0, 0.05) is 37.7 Å². The number of carbonyl (C=O) groups is 1. The van der Waals surface area contributed by atoms with Crippen molar-refractivity contribution in [2.45, 2.75) is 62.4 Å². The number of imidazole rings is 1. The number of aryl methyl sites for hydroxylation is 1. The highest BCUT2D eigenvalue weighted by Crippen LogP contribution is 2.43. The Morgan fingerprint density at radius 1 is 1.10 bits per heavy atom. The fourth-order valence-corrected chi connectivity index (χ4v) is 6.76. The number of aromatic nitrogens is 5. The van der Waals surface area contributed by atoms with Crippen LogP contribution in [-0.2, 0) is 20.7 Å². The molecule has 5 heterocycles. The lowest BCUT2D eigenvalue weighted by molar-refractivity contribution is -0.210. The van der Waals surface area contributed by atoms with Crippen LogP contribution in [0.2, 0.25) is 0 Å². The molecule has 3 aromatic heterocycles. The van der Waals surface area contributed by atoms with E-state index in [9.17, 15) is 23.1 Å². The highest BCUT2D eigenvalue weighted by molar-refractivity contribution is 5.84. The summed E-state index contributed by atoms with van der Waals surface area (Å²) in [7, 11) is 4.03. The van der Waals surface area contributed by atoms with Crippen LogP contribution in [0.5, 0.6) is 0 Å². The number of likely N-dealkylation sites (N-methyl/N-ethyl adjacent to an activating group) is 1. The Balaban J connectivity index is 1.27. The molecular formula is C36H39F3N8O5. The maximum absolute atomic E-state index is 13.4. The van der Waals surface area contributed by atoms with Crippen molar-refractivity contribution < 1.29 is 37.1 Å². The number of fused-ring (bicyclic) bond motifs is 1. The third-order valence-corrected chi connectivity index (χ3v) is 9.65. The molecule has 0 aliphatic carbocycles. The van der Waals surface area contributed by atoms with E-state index in [0.717, 1.165) is 17.5 Å². The Hall–Kier alpha value is -5.06. The molecule has 2 aromatic carbocycles. The number of nitrogens with one attached hydrogen (secondary N) is 1. The molecule has 0 saturated carbocycles. The zero-order valence-electron chi connectivity index (χ0n) is 28.8. The molecule has 5 aromatic rings. The fraction of sp³-hybridized carbons (Fsp3) is 0.417. The Labute approximate surface area is 297 Å². The van der Waals surface area contributed by atoms with E-state index in [-0.39, 0.29) is 23.4 Å². The minimum Gasteiger partial charge on any atom is -0.449 e. The summed E-state index contributed by atoms with van der Waals surface area (Å²) in [5.74, 6) is -1.69. The van der Waals surface area contributed by atoms with Gasteiger partial charge < -0.3 is 34.2 Å². The number of hydrogen-bond acceptors (Lipinski definition) is 12. The van der Waals surface area contributed by atoms with E-state index in [0.29, 0.717) is 49.0 Å². The predicted octanol–water partition coefficient (Wildman–Crippen LogP) is 4.87. The number of halogens is 3. The van der Waals surface area contributed by atoms with E-state index in [1.807, 2.05) is 57.4 Å². The van der Waals surface area contributed by atoms with E-state index < -0.39 is 36.7 Å². The van der Waals surface area contributed by atoms with Crippen LogP contribution in [0.1, 0.15) is 54.2 Å². The second-order valence-electron chi connectivity index (χ2n) is 13.2. The molecule has 2 N–H and O–H groups in total. The van der Waals surface area contributed by atoms with Gasteiger partial charge in [0.15, 0.2) is 41.2 Å². The molecule has 0 amide bonds. The SMILES string of the molecule is CCc1cc([C@H]2O[C@@H](n3cnc4c(NCC(c5ccccc5)c5ccccc5)nc(N5CC[C@@H](N(C)C)C5)nc43)[C@H](O)[C@@H]2OC(=O)C(F)(F)F)on1. The zero-order valence-corrected chi connectivity index (χ0v) is 28.8. The van der Waals surface area contributed by atoms with Crippen LogP contribution in [0.4, 0.5) is 24.9 Å². The summed E-state index contributed by atoms with van der Waals surface area (Å²) in [4.78, 5) is 30.7. The van der Waals surface area contributed by atoms with Crippen LogP contribution in [0.25, 0.3) is 11.2 Å². The first-order chi connectivity index (χ1) is 25.0. The Kier molecular flexibility index (Phi) is 9.87. The van der Waals surface area contributed by atoms with Crippen molar-refractivity contribution in [1.82, 2.24) is 29.6 Å². The van der Waals surface area contributed by atoms with E-state index in [2.05, 4.69) is 49.5 Å². The van der Waals surface area contributed by atoms with Crippen molar-refractivity contribution in [2.24, 2.45) is 0 Å². The topological polar surface area (TPSA) is 144 Å². The van der Waals surface area contributed by atoms with Gasteiger partial charge in [-0.05, 0) is 38.1 Å². The third kappa shape index (κ3) is 7.05. The molecule has 13 nitrogen and oxygen atoms in total. The first-order valence-electron chi connectivity index (χ1n) is 17.1. The second-order valence-corrected chi connectivity index (χ2v) is 13.2. The van der Waals surface area contributed by atoms with E-state index in [1.54, 1.807) is 0 Å². The summed E-state index contributed by atoms with van der Waals surface area (Å²) in [5.41, 5.74) is 3.30. The Bertz CT molecular complexity index is 1950. The van der Waals surface area contributed by atoms with Gasteiger partial charge in [0.2, 0.25) is 5.95 Å². The summed E-state index contributed by atoms with van der Waals surface area (Å²) >= 11 is 0. The molecular weight excluding hydrogens is 681 g/mol. The molecule has 52 heavy (non-hydrogen) atoms. The normalized spacial score (nSPS) is 22.2. The summed E-state index contributed by atoms with van der Waals surface area (Å²) in [6.07, 6.45) is -8.92. The smallest absolute Gasteiger partial charge is 0.449 e. The van der Waals surface area contributed by atoms with Crippen LogP contribution in [0.15, 0.2) is 77.6 Å². The van der Waals surface area contributed by atoms with Gasteiger partial charge in [0.25, 0.3) is 0 Å². The number of esters is 1. The minimum absolute atomic E-state index is 0.000116. The van der Waals surface area contributed by atoms with E-state index >= 15 is 0 Å². The summed E-state index contributed by atoms with van der Waals surface area (Å²) in [6, 6.07) is 21.9. The number of carbonyl (C=O) groups excluding carboxylic acids is 1. The van der Waals surface area contributed by atoms with Crippen LogP contribution in [-0.4, -0.2) is 98.8 Å². The van der Waals surface area contributed by atoms with E-state index in [4.69, 9.17) is 24.0 Å². The van der Waals surface area contributed by atoms with Crippen molar-refractivity contribution in [3.63, 3.8) is 0 Å². The summed E-state index contributed by atoms with van der Waals surface area (Å²) in [6.45, 7) is 3.61. The number of ether oxygens (including phenoxy) is 2. The maximum atomic E-state index is 13.4. The van der Waals surface area contributed by atoms with E-state index in [1.165, 1.54) is 17.0 Å². The van der Waals surface area contributed by atoms with Crippen LogP contribution in [0.3, 0.4) is 0 Å². The van der Waals surface area contributed by atoms with Crippen molar-refractivity contribution in [1.29, 1.82) is 0 Å². The van der Waals surface area contributed by atoms with Crippen LogP contribution < -0.4 is 10.2 Å². The number of anilines is 2. The van der Waals surface area contributed by atoms with Gasteiger partial charge in [-0.2, -0.15) is 23.1 Å². The largest absolute Gasteiger partial charge is 0.490 e. The number of rotatable bonds is 11. The van der Waals surface area contributed by atoms with Crippen LogP contribution in [0, 0.1) is 0 Å². The van der Waals surface area contributed by atoms with Gasteiger partial charge in [-0.25, -0.2) is 9.78 Å². The molecule has 7 rings (SSSR count). The number of hydrogen-bond donors (Lipinski definition) is 2. The average Bonchev–Trinajstić information content (AvgIpc) is 3.95. The molecule has 2 aliphatic rings. The minimum atomic E-state index is -5.31. The molecule has 0 bridgehead atoms. The Morgan fingerprint density at radius 2 is 1.79 bits per heavy atom. The monoisotopic (exact) mass is 720 g/mol. The number of nitrogens with zero attached hydrogens (tertiary/aromatic N) is 7. The van der Waals surface area contributed by atoms with Gasteiger partial charge in [-0.1, -0.05) is 72.7 Å². The van der Waals surface area contributed by atoms with Crippen molar-refractivity contribution >= 4 is 28.9 Å². The zero-order chi connectivity index (χ0) is 36.6. The second kappa shape index (κ2) is 14.5.